The second kappa shape index (κ2) is 10.1. The molecule has 0 aliphatic carbocycles. The molecule has 8 nitrogen and oxygen atoms in total. The van der Waals surface area contributed by atoms with E-state index >= 15 is 0 Å². The van der Waals surface area contributed by atoms with E-state index in [1.807, 2.05) is 54.6 Å². The van der Waals surface area contributed by atoms with Crippen LogP contribution in [0.1, 0.15) is 0 Å². The first-order chi connectivity index (χ1) is 17.5. The average molecular weight is 505 g/mol. The summed E-state index contributed by atoms with van der Waals surface area (Å²) in [6.07, 6.45) is 0. The highest BCUT2D eigenvalue weighted by atomic mass is 35.5. The van der Waals surface area contributed by atoms with Gasteiger partial charge in [-0.3, -0.25) is 0 Å². The maximum Gasteiger partial charge on any atom is 0.225 e. The van der Waals surface area contributed by atoms with Crippen LogP contribution >= 0.6 is 11.6 Å². The largest absolute Gasteiger partial charge is 0.497 e. The molecule has 0 fully saturated rings. The van der Waals surface area contributed by atoms with Gasteiger partial charge in [0.05, 0.1) is 35.4 Å². The number of fused-ring (bicyclic) bond motifs is 1. The smallest absolute Gasteiger partial charge is 0.225 e. The number of para-hydroxylation sites is 1. The molecule has 3 N–H and O–H groups in total. The molecule has 0 radical (unpaired) electrons. The highest BCUT2D eigenvalue weighted by Crippen LogP contribution is 2.34. The van der Waals surface area contributed by atoms with Gasteiger partial charge >= 0.3 is 0 Å². The number of anilines is 2. The highest BCUT2D eigenvalue weighted by Gasteiger charge is 2.20. The van der Waals surface area contributed by atoms with Crippen LogP contribution in [-0.2, 0) is 0 Å². The Bertz CT molecular complexity index is 1510. The summed E-state index contributed by atoms with van der Waals surface area (Å²) >= 11 is 6.07. The Hall–Kier alpha value is -4.37. The average Bonchev–Trinajstić information content (AvgIpc) is 3.24. The summed E-state index contributed by atoms with van der Waals surface area (Å²) < 4.78 is 26.4. The number of aromatic nitrogens is 4. The third-order valence-electron chi connectivity index (χ3n) is 5.48. The number of benzene rings is 3. The molecule has 0 saturated heterocycles. The second-order valence-electron chi connectivity index (χ2n) is 7.81. The molecule has 0 aliphatic rings. The summed E-state index contributed by atoms with van der Waals surface area (Å²) in [7, 11) is 1.60. The molecule has 182 valence electrons. The molecular formula is C26H22ClFN6O2. The van der Waals surface area contributed by atoms with E-state index in [1.165, 1.54) is 12.1 Å². The molecule has 2 aromatic heterocycles. The maximum absolute atomic E-state index is 13.9. The molecule has 36 heavy (non-hydrogen) atoms. The van der Waals surface area contributed by atoms with E-state index in [4.69, 9.17) is 26.8 Å². The minimum atomic E-state index is -0.524. The minimum Gasteiger partial charge on any atom is -0.497 e. The van der Waals surface area contributed by atoms with Crippen molar-refractivity contribution in [3.05, 3.63) is 83.6 Å². The van der Waals surface area contributed by atoms with Crippen LogP contribution in [0.25, 0.3) is 28.0 Å². The fourth-order valence-corrected chi connectivity index (χ4v) is 3.89. The zero-order valence-corrected chi connectivity index (χ0v) is 20.0. The van der Waals surface area contributed by atoms with Crippen molar-refractivity contribution in [3.8, 4) is 28.4 Å². The molecule has 0 saturated carbocycles. The van der Waals surface area contributed by atoms with Crippen LogP contribution in [0.4, 0.5) is 16.2 Å². The van der Waals surface area contributed by atoms with E-state index in [1.54, 1.807) is 17.9 Å². The standard InChI is InChI=1S/C26H22ClFN6O2/c1-35-18-10-8-17(9-11-18)34-24(29)22-23(16-7-12-21(28)20(27)15-16)31-26(32-25(22)33-34)30-13-14-36-19-5-3-2-4-6-19/h2-12,15H,13-14,29H2,1H3,(H,30,32,33). The van der Waals surface area contributed by atoms with Crippen LogP contribution < -0.4 is 20.5 Å². The number of ether oxygens (including phenoxy) is 2. The van der Waals surface area contributed by atoms with Crippen LogP contribution in [0.5, 0.6) is 11.5 Å². The second-order valence-corrected chi connectivity index (χ2v) is 8.21. The van der Waals surface area contributed by atoms with E-state index in [0.29, 0.717) is 53.0 Å². The van der Waals surface area contributed by atoms with Gasteiger partial charge < -0.3 is 20.5 Å². The van der Waals surface area contributed by atoms with Crippen molar-refractivity contribution in [2.45, 2.75) is 0 Å². The molecule has 10 heteroatoms. The number of nitrogens with one attached hydrogen (secondary N) is 1. The van der Waals surface area contributed by atoms with E-state index in [-0.39, 0.29) is 5.02 Å². The molecule has 0 atom stereocenters. The fraction of sp³-hybridized carbons (Fsp3) is 0.115. The topological polar surface area (TPSA) is 100 Å². The summed E-state index contributed by atoms with van der Waals surface area (Å²) in [4.78, 5) is 9.23. The first-order valence-corrected chi connectivity index (χ1v) is 11.5. The minimum absolute atomic E-state index is 0.0221. The fourth-order valence-electron chi connectivity index (χ4n) is 3.71. The lowest BCUT2D eigenvalue weighted by atomic mass is 10.1. The Balaban J connectivity index is 1.52. The molecule has 2 heterocycles. The Kier molecular flexibility index (Phi) is 6.55. The van der Waals surface area contributed by atoms with Crippen molar-refractivity contribution >= 4 is 34.4 Å². The maximum atomic E-state index is 13.9. The summed E-state index contributed by atoms with van der Waals surface area (Å²) in [5.74, 6) is 1.62. The molecule has 5 rings (SSSR count). The monoisotopic (exact) mass is 504 g/mol. The number of hydrogen-bond acceptors (Lipinski definition) is 7. The molecular weight excluding hydrogens is 483 g/mol. The Morgan fingerprint density at radius 3 is 2.50 bits per heavy atom. The lowest BCUT2D eigenvalue weighted by molar-refractivity contribution is 0.332. The highest BCUT2D eigenvalue weighted by molar-refractivity contribution is 6.31. The van der Waals surface area contributed by atoms with Gasteiger partial charge in [-0.15, -0.1) is 5.10 Å². The normalized spacial score (nSPS) is 11.0. The number of methoxy groups -OCH3 is 1. The van der Waals surface area contributed by atoms with Gasteiger partial charge in [0, 0.05) is 5.56 Å². The molecule has 0 amide bonds. The van der Waals surface area contributed by atoms with Crippen molar-refractivity contribution in [1.82, 2.24) is 19.7 Å². The lowest BCUT2D eigenvalue weighted by Crippen LogP contribution is -2.13. The van der Waals surface area contributed by atoms with Crippen LogP contribution in [0.15, 0.2) is 72.8 Å². The quantitative estimate of drug-likeness (QED) is 0.274. The van der Waals surface area contributed by atoms with Crippen molar-refractivity contribution in [2.75, 3.05) is 31.3 Å². The van der Waals surface area contributed by atoms with E-state index in [2.05, 4.69) is 20.4 Å². The molecule has 0 bridgehead atoms. The first kappa shape index (κ1) is 23.4. The molecule has 0 aliphatic heterocycles. The Morgan fingerprint density at radius 2 is 1.78 bits per heavy atom. The van der Waals surface area contributed by atoms with Gasteiger partial charge in [0.1, 0.15) is 29.7 Å². The number of nitrogens with zero attached hydrogens (tertiary/aromatic N) is 4. The molecule has 0 spiro atoms. The van der Waals surface area contributed by atoms with Crippen molar-refractivity contribution in [2.24, 2.45) is 0 Å². The molecule has 5 aromatic rings. The number of nitrogens with two attached hydrogens (primary N) is 1. The number of nitrogen functional groups attached to an aromatic ring is 1. The van der Waals surface area contributed by atoms with Crippen LogP contribution in [-0.4, -0.2) is 40.0 Å². The predicted molar refractivity (Wildman–Crippen MR) is 138 cm³/mol. The van der Waals surface area contributed by atoms with Crippen molar-refractivity contribution in [3.63, 3.8) is 0 Å². The predicted octanol–water partition coefficient (Wildman–Crippen LogP) is 5.36. The van der Waals surface area contributed by atoms with E-state index in [0.717, 1.165) is 11.4 Å². The van der Waals surface area contributed by atoms with Gasteiger partial charge in [-0.05, 0) is 54.6 Å². The van der Waals surface area contributed by atoms with Gasteiger partial charge in [0.2, 0.25) is 5.95 Å². The molecule has 3 aromatic carbocycles. The Morgan fingerprint density at radius 1 is 1.00 bits per heavy atom. The van der Waals surface area contributed by atoms with E-state index < -0.39 is 5.82 Å². The van der Waals surface area contributed by atoms with Gasteiger partial charge in [0.25, 0.3) is 0 Å². The van der Waals surface area contributed by atoms with Crippen LogP contribution in [0, 0.1) is 5.82 Å². The number of hydrogen-bond donors (Lipinski definition) is 2. The van der Waals surface area contributed by atoms with Gasteiger partial charge in [-0.1, -0.05) is 29.8 Å². The van der Waals surface area contributed by atoms with Gasteiger partial charge in [-0.25, -0.2) is 14.1 Å². The lowest BCUT2D eigenvalue weighted by Gasteiger charge is -2.10. The third-order valence-corrected chi connectivity index (χ3v) is 5.77. The number of rotatable bonds is 8. The van der Waals surface area contributed by atoms with Crippen molar-refractivity contribution < 1.29 is 13.9 Å². The van der Waals surface area contributed by atoms with Crippen LogP contribution in [0.2, 0.25) is 5.02 Å². The van der Waals surface area contributed by atoms with Gasteiger partial charge in [-0.2, -0.15) is 4.98 Å². The summed E-state index contributed by atoms with van der Waals surface area (Å²) in [5.41, 5.74) is 8.68. The SMILES string of the molecule is COc1ccc(-n2nc3nc(NCCOc4ccccc4)nc(-c4ccc(F)c(Cl)c4)c3c2N)cc1. The Labute approximate surface area is 211 Å². The first-order valence-electron chi connectivity index (χ1n) is 11.1. The van der Waals surface area contributed by atoms with Gasteiger partial charge in [0.15, 0.2) is 5.65 Å². The third kappa shape index (κ3) is 4.73. The summed E-state index contributed by atoms with van der Waals surface area (Å²) in [6.45, 7) is 0.838. The molecule has 0 unspecified atom stereocenters. The van der Waals surface area contributed by atoms with Crippen LogP contribution in [0.3, 0.4) is 0 Å². The summed E-state index contributed by atoms with van der Waals surface area (Å²) in [5, 5.41) is 8.29. The number of halogens is 2. The van der Waals surface area contributed by atoms with Crippen molar-refractivity contribution in [1.29, 1.82) is 0 Å². The van der Waals surface area contributed by atoms with E-state index in [9.17, 15) is 4.39 Å². The zero-order chi connectivity index (χ0) is 25.1. The summed E-state index contributed by atoms with van der Waals surface area (Å²) in [6, 6.07) is 21.2. The zero-order valence-electron chi connectivity index (χ0n) is 19.3.